The molecule has 0 saturated carbocycles. The molecule has 1 N–H and O–H groups in total. The van der Waals surface area contributed by atoms with E-state index in [2.05, 4.69) is 15.2 Å². The van der Waals surface area contributed by atoms with Gasteiger partial charge in [0.05, 0.1) is 26.0 Å². The maximum absolute atomic E-state index is 6.00. The van der Waals surface area contributed by atoms with Gasteiger partial charge >= 0.3 is 0 Å². The highest BCUT2D eigenvalue weighted by Gasteiger charge is 2.22. The molecule has 2 heterocycles. The summed E-state index contributed by atoms with van der Waals surface area (Å²) < 4.78 is 11.3. The fourth-order valence-corrected chi connectivity index (χ4v) is 3.15. The Morgan fingerprint density at radius 1 is 1.30 bits per heavy atom. The van der Waals surface area contributed by atoms with E-state index in [1.165, 1.54) is 18.6 Å². The predicted octanol–water partition coefficient (Wildman–Crippen LogP) is 2.30. The van der Waals surface area contributed by atoms with Gasteiger partial charge in [-0.05, 0) is 31.5 Å². The Bertz CT molecular complexity index is 571. The number of hydrogen-bond donors (Lipinski definition) is 1. The molecule has 1 saturated heterocycles. The van der Waals surface area contributed by atoms with E-state index in [1.54, 1.807) is 7.11 Å². The van der Waals surface area contributed by atoms with Crippen molar-refractivity contribution in [2.45, 2.75) is 12.8 Å². The molecule has 0 radical (unpaired) electrons. The van der Waals surface area contributed by atoms with Crippen molar-refractivity contribution >= 4 is 5.71 Å². The van der Waals surface area contributed by atoms with Crippen LogP contribution in [0.25, 0.3) is 0 Å². The van der Waals surface area contributed by atoms with E-state index < -0.39 is 0 Å². The van der Waals surface area contributed by atoms with Gasteiger partial charge in [-0.15, -0.1) is 0 Å². The lowest BCUT2D eigenvalue weighted by molar-refractivity contribution is 0.140. The van der Waals surface area contributed by atoms with Crippen LogP contribution in [0.1, 0.15) is 12.8 Å². The molecule has 1 aromatic carbocycles. The average Bonchev–Trinajstić information content (AvgIpc) is 2.61. The molecule has 0 bridgehead atoms. The summed E-state index contributed by atoms with van der Waals surface area (Å²) in [6.07, 6.45) is 6.17. The maximum atomic E-state index is 6.00. The number of aliphatic imine (C=N–C) groups is 1. The highest BCUT2D eigenvalue weighted by atomic mass is 16.5. The van der Waals surface area contributed by atoms with Gasteiger partial charge in [-0.25, -0.2) is 0 Å². The van der Waals surface area contributed by atoms with Crippen LogP contribution in [0.3, 0.4) is 0 Å². The molecule has 2 aliphatic heterocycles. The molecule has 0 aliphatic carbocycles. The highest BCUT2D eigenvalue weighted by molar-refractivity contribution is 5.89. The summed E-state index contributed by atoms with van der Waals surface area (Å²) in [5.41, 5.74) is 1.21. The van der Waals surface area contributed by atoms with Crippen molar-refractivity contribution in [2.24, 2.45) is 10.9 Å². The topological polar surface area (TPSA) is 46.1 Å². The molecule has 5 nitrogen and oxygen atoms in total. The third kappa shape index (κ3) is 4.48. The van der Waals surface area contributed by atoms with Crippen LogP contribution in [0.5, 0.6) is 11.5 Å². The number of methoxy groups -OCH3 is 1. The Morgan fingerprint density at radius 2 is 2.17 bits per heavy atom. The van der Waals surface area contributed by atoms with Crippen molar-refractivity contribution < 1.29 is 9.47 Å². The minimum absolute atomic E-state index is 0.557. The minimum atomic E-state index is 0.557. The number of benzene rings is 1. The van der Waals surface area contributed by atoms with E-state index in [4.69, 9.17) is 9.47 Å². The molecule has 1 aromatic rings. The molecule has 1 unspecified atom stereocenters. The van der Waals surface area contributed by atoms with Gasteiger partial charge in [-0.2, -0.15) is 0 Å². The first kappa shape index (κ1) is 15.9. The van der Waals surface area contributed by atoms with Crippen molar-refractivity contribution in [1.29, 1.82) is 0 Å². The molecule has 0 aromatic heterocycles. The Balaban J connectivity index is 1.50. The number of hydrogen-bond acceptors (Lipinski definition) is 5. The van der Waals surface area contributed by atoms with Gasteiger partial charge in [0.15, 0.2) is 11.5 Å². The largest absolute Gasteiger partial charge is 0.493 e. The molecular weight excluding hydrogens is 290 g/mol. The summed E-state index contributed by atoms with van der Waals surface area (Å²) in [5, 5.41) is 3.22. The second-order valence-electron chi connectivity index (χ2n) is 6.10. The lowest BCUT2D eigenvalue weighted by Crippen LogP contribution is -2.42. The van der Waals surface area contributed by atoms with Crippen LogP contribution < -0.4 is 14.8 Å². The van der Waals surface area contributed by atoms with Crippen LogP contribution in [0.4, 0.5) is 0 Å². The van der Waals surface area contributed by atoms with E-state index in [1.807, 2.05) is 36.7 Å². The highest BCUT2D eigenvalue weighted by Crippen LogP contribution is 2.27. The van der Waals surface area contributed by atoms with E-state index in [9.17, 15) is 0 Å². The molecule has 2 aliphatic rings. The van der Waals surface area contributed by atoms with Gasteiger partial charge in [-0.3, -0.25) is 9.89 Å². The number of piperidine rings is 1. The Hall–Kier alpha value is -2.01. The molecule has 1 atom stereocenters. The lowest BCUT2D eigenvalue weighted by Gasteiger charge is -2.33. The Kier molecular flexibility index (Phi) is 5.53. The van der Waals surface area contributed by atoms with Crippen LogP contribution >= 0.6 is 0 Å². The van der Waals surface area contributed by atoms with Crippen LogP contribution in [0.2, 0.25) is 0 Å². The SMILES string of the molecule is COc1ccccc1OCC1CCCN(CC2=NC=CNC2)C1. The van der Waals surface area contributed by atoms with Crippen LogP contribution in [0.15, 0.2) is 41.7 Å². The maximum Gasteiger partial charge on any atom is 0.161 e. The monoisotopic (exact) mass is 315 g/mol. The van der Waals surface area contributed by atoms with Crippen LogP contribution in [-0.4, -0.2) is 50.5 Å². The zero-order chi connectivity index (χ0) is 15.9. The molecular formula is C18H25N3O2. The summed E-state index contributed by atoms with van der Waals surface area (Å²) in [4.78, 5) is 6.93. The number of para-hydroxylation sites is 2. The zero-order valence-electron chi connectivity index (χ0n) is 13.7. The van der Waals surface area contributed by atoms with Gasteiger partial charge in [-0.1, -0.05) is 12.1 Å². The second-order valence-corrected chi connectivity index (χ2v) is 6.10. The summed E-state index contributed by atoms with van der Waals surface area (Å²) in [7, 11) is 1.68. The van der Waals surface area contributed by atoms with Crippen LogP contribution in [0, 0.1) is 5.92 Å². The zero-order valence-corrected chi connectivity index (χ0v) is 13.7. The minimum Gasteiger partial charge on any atom is -0.493 e. The van der Waals surface area contributed by atoms with Gasteiger partial charge in [0.2, 0.25) is 0 Å². The number of ether oxygens (including phenoxy) is 2. The third-order valence-corrected chi connectivity index (χ3v) is 4.31. The molecule has 23 heavy (non-hydrogen) atoms. The first-order valence-corrected chi connectivity index (χ1v) is 8.27. The smallest absolute Gasteiger partial charge is 0.161 e. The second kappa shape index (κ2) is 8.02. The lowest BCUT2D eigenvalue weighted by atomic mass is 9.98. The number of nitrogens with one attached hydrogen (secondary N) is 1. The van der Waals surface area contributed by atoms with E-state index in [0.29, 0.717) is 5.92 Å². The van der Waals surface area contributed by atoms with E-state index >= 15 is 0 Å². The first-order chi connectivity index (χ1) is 11.3. The molecule has 0 spiro atoms. The number of likely N-dealkylation sites (tertiary alicyclic amines) is 1. The number of rotatable bonds is 6. The molecule has 3 rings (SSSR count). The van der Waals surface area contributed by atoms with Gasteiger partial charge in [0.25, 0.3) is 0 Å². The Morgan fingerprint density at radius 3 is 2.96 bits per heavy atom. The fraction of sp³-hybridized carbons (Fsp3) is 0.500. The summed E-state index contributed by atoms with van der Waals surface area (Å²) in [6.45, 7) is 4.76. The molecule has 5 heteroatoms. The standard InChI is InChI=1S/C18H25N3O2/c1-22-17-6-2-3-7-18(17)23-14-15-5-4-10-21(12-15)13-16-11-19-8-9-20-16/h2-3,6-9,15,19H,4-5,10-14H2,1H3. The fourth-order valence-electron chi connectivity index (χ4n) is 3.15. The van der Waals surface area contributed by atoms with Crippen molar-refractivity contribution in [3.8, 4) is 11.5 Å². The van der Waals surface area contributed by atoms with Crippen molar-refractivity contribution in [1.82, 2.24) is 10.2 Å². The Labute approximate surface area is 138 Å². The first-order valence-electron chi connectivity index (χ1n) is 8.27. The van der Waals surface area contributed by atoms with Gasteiger partial charge in [0, 0.05) is 31.4 Å². The van der Waals surface area contributed by atoms with E-state index in [-0.39, 0.29) is 0 Å². The summed E-state index contributed by atoms with van der Waals surface area (Å²) in [6, 6.07) is 7.84. The predicted molar refractivity (Wildman–Crippen MR) is 92.2 cm³/mol. The molecule has 0 amide bonds. The van der Waals surface area contributed by atoms with Crippen molar-refractivity contribution in [3.05, 3.63) is 36.7 Å². The number of nitrogens with zero attached hydrogens (tertiary/aromatic N) is 2. The summed E-state index contributed by atoms with van der Waals surface area (Å²) >= 11 is 0. The third-order valence-electron chi connectivity index (χ3n) is 4.31. The quantitative estimate of drug-likeness (QED) is 0.875. The summed E-state index contributed by atoms with van der Waals surface area (Å²) in [5.74, 6) is 2.19. The molecule has 1 fully saturated rings. The van der Waals surface area contributed by atoms with Gasteiger partial charge in [0.1, 0.15) is 0 Å². The van der Waals surface area contributed by atoms with E-state index in [0.717, 1.165) is 44.3 Å². The average molecular weight is 315 g/mol. The van der Waals surface area contributed by atoms with Gasteiger partial charge < -0.3 is 14.8 Å². The van der Waals surface area contributed by atoms with Crippen LogP contribution in [-0.2, 0) is 0 Å². The normalized spacial score (nSPS) is 21.4. The molecule has 124 valence electrons. The van der Waals surface area contributed by atoms with Crippen molar-refractivity contribution in [2.75, 3.05) is 39.9 Å². The van der Waals surface area contributed by atoms with Crippen molar-refractivity contribution in [3.63, 3.8) is 0 Å².